The highest BCUT2D eigenvalue weighted by Gasteiger charge is 2.28. The van der Waals surface area contributed by atoms with E-state index in [4.69, 9.17) is 5.73 Å². The average Bonchev–Trinajstić information content (AvgIpc) is 2.46. The van der Waals surface area contributed by atoms with Gasteiger partial charge in [0.2, 0.25) is 0 Å². The summed E-state index contributed by atoms with van der Waals surface area (Å²) in [6.45, 7) is 2.49. The van der Waals surface area contributed by atoms with Crippen LogP contribution in [0.5, 0.6) is 0 Å². The third-order valence-corrected chi connectivity index (χ3v) is 3.85. The van der Waals surface area contributed by atoms with Crippen molar-refractivity contribution in [1.29, 1.82) is 0 Å². The Labute approximate surface area is 120 Å². The van der Waals surface area contributed by atoms with Gasteiger partial charge in [-0.2, -0.15) is 0 Å². The molecule has 1 aliphatic carbocycles. The molecule has 3 heteroatoms. The van der Waals surface area contributed by atoms with Crippen molar-refractivity contribution in [1.82, 2.24) is 5.32 Å². The molecule has 0 radical (unpaired) electrons. The molecular formula is C17H22N2O. The molecule has 0 heterocycles. The highest BCUT2D eigenvalue weighted by Crippen LogP contribution is 2.27. The van der Waals surface area contributed by atoms with E-state index in [1.54, 1.807) is 0 Å². The van der Waals surface area contributed by atoms with Gasteiger partial charge in [-0.3, -0.25) is 4.79 Å². The van der Waals surface area contributed by atoms with Gasteiger partial charge in [-0.25, -0.2) is 0 Å². The first-order valence-electron chi connectivity index (χ1n) is 7.24. The van der Waals surface area contributed by atoms with Gasteiger partial charge in [-0.1, -0.05) is 31.1 Å². The fraction of sp³-hybridized carbons (Fsp3) is 0.471. The number of hydrogen-bond donors (Lipinski definition) is 2. The summed E-state index contributed by atoms with van der Waals surface area (Å²) in [7, 11) is 0. The fourth-order valence-electron chi connectivity index (χ4n) is 2.66. The van der Waals surface area contributed by atoms with E-state index in [-0.39, 0.29) is 11.4 Å². The van der Waals surface area contributed by atoms with Crippen LogP contribution in [0, 0.1) is 11.8 Å². The summed E-state index contributed by atoms with van der Waals surface area (Å²) in [6.07, 6.45) is 5.81. The molecule has 0 atom stereocenters. The summed E-state index contributed by atoms with van der Waals surface area (Å²) in [5, 5.41) is 3.18. The maximum atomic E-state index is 12.3. The molecule has 1 aromatic rings. The van der Waals surface area contributed by atoms with Crippen molar-refractivity contribution in [3.05, 3.63) is 35.4 Å². The summed E-state index contributed by atoms with van der Waals surface area (Å²) in [6, 6.07) is 7.37. The van der Waals surface area contributed by atoms with Gasteiger partial charge in [-0.05, 0) is 44.0 Å². The zero-order chi connectivity index (χ0) is 14.4. The second-order valence-corrected chi connectivity index (χ2v) is 5.66. The maximum Gasteiger partial charge on any atom is 0.251 e. The standard InChI is InChI=1S/C17H22N2O/c1-17(11-3-2-4-12-17)19-16(20)15-9-7-14(8-10-15)6-5-13-18/h7-10H,2-4,11-13,18H2,1H3,(H,19,20). The Hall–Kier alpha value is -1.79. The highest BCUT2D eigenvalue weighted by molar-refractivity contribution is 5.94. The molecule has 0 bridgehead atoms. The lowest BCUT2D eigenvalue weighted by Gasteiger charge is -2.34. The Bertz CT molecular complexity index is 516. The first-order valence-corrected chi connectivity index (χ1v) is 7.24. The summed E-state index contributed by atoms with van der Waals surface area (Å²) in [4.78, 5) is 12.3. The van der Waals surface area contributed by atoms with Crippen molar-refractivity contribution < 1.29 is 4.79 Å². The van der Waals surface area contributed by atoms with E-state index in [0.29, 0.717) is 12.1 Å². The second kappa shape index (κ2) is 6.58. The first kappa shape index (κ1) is 14.6. The van der Waals surface area contributed by atoms with E-state index in [1.165, 1.54) is 19.3 Å². The van der Waals surface area contributed by atoms with Gasteiger partial charge in [0.15, 0.2) is 0 Å². The van der Waals surface area contributed by atoms with Crippen LogP contribution in [-0.2, 0) is 0 Å². The third-order valence-electron chi connectivity index (χ3n) is 3.85. The lowest BCUT2D eigenvalue weighted by molar-refractivity contribution is 0.0882. The van der Waals surface area contributed by atoms with Crippen molar-refractivity contribution in [3.8, 4) is 11.8 Å². The molecule has 1 aromatic carbocycles. The zero-order valence-corrected chi connectivity index (χ0v) is 12.0. The molecule has 0 aromatic heterocycles. The first-order chi connectivity index (χ1) is 9.63. The minimum absolute atomic E-state index is 0.00716. The highest BCUT2D eigenvalue weighted by atomic mass is 16.1. The van der Waals surface area contributed by atoms with Crippen LogP contribution in [0.3, 0.4) is 0 Å². The predicted octanol–water partition coefficient (Wildman–Crippen LogP) is 2.45. The van der Waals surface area contributed by atoms with Crippen LogP contribution in [0.1, 0.15) is 54.9 Å². The third kappa shape index (κ3) is 3.85. The number of carbonyl (C=O) groups is 1. The van der Waals surface area contributed by atoms with Crippen LogP contribution in [-0.4, -0.2) is 18.0 Å². The zero-order valence-electron chi connectivity index (χ0n) is 12.0. The number of amides is 1. The molecule has 2 rings (SSSR count). The van der Waals surface area contributed by atoms with E-state index >= 15 is 0 Å². The maximum absolute atomic E-state index is 12.3. The Morgan fingerprint density at radius 1 is 1.25 bits per heavy atom. The van der Waals surface area contributed by atoms with Gasteiger partial charge in [0.1, 0.15) is 0 Å². The topological polar surface area (TPSA) is 55.1 Å². The minimum Gasteiger partial charge on any atom is -0.347 e. The number of nitrogens with one attached hydrogen (secondary N) is 1. The van der Waals surface area contributed by atoms with Crippen molar-refractivity contribution in [2.24, 2.45) is 5.73 Å². The van der Waals surface area contributed by atoms with Crippen molar-refractivity contribution in [3.63, 3.8) is 0 Å². The van der Waals surface area contributed by atoms with E-state index in [1.807, 2.05) is 24.3 Å². The van der Waals surface area contributed by atoms with E-state index < -0.39 is 0 Å². The van der Waals surface area contributed by atoms with Gasteiger partial charge in [-0.15, -0.1) is 0 Å². The summed E-state index contributed by atoms with van der Waals surface area (Å²) >= 11 is 0. The SMILES string of the molecule is CC1(NC(=O)c2ccc(C#CCN)cc2)CCCCC1. The molecule has 1 amide bonds. The minimum atomic E-state index is -0.0483. The molecule has 3 N–H and O–H groups in total. The van der Waals surface area contributed by atoms with Gasteiger partial charge < -0.3 is 11.1 Å². The second-order valence-electron chi connectivity index (χ2n) is 5.66. The summed E-state index contributed by atoms with van der Waals surface area (Å²) in [5.74, 6) is 5.76. The Morgan fingerprint density at radius 2 is 1.90 bits per heavy atom. The molecule has 20 heavy (non-hydrogen) atoms. The number of nitrogens with two attached hydrogens (primary N) is 1. The molecule has 0 spiro atoms. The number of hydrogen-bond acceptors (Lipinski definition) is 2. The van der Waals surface area contributed by atoms with E-state index in [2.05, 4.69) is 24.1 Å². The van der Waals surface area contributed by atoms with Crippen LogP contribution in [0.4, 0.5) is 0 Å². The van der Waals surface area contributed by atoms with E-state index in [0.717, 1.165) is 18.4 Å². The molecule has 106 valence electrons. The lowest BCUT2D eigenvalue weighted by atomic mass is 9.83. The van der Waals surface area contributed by atoms with Crippen molar-refractivity contribution in [2.75, 3.05) is 6.54 Å². The molecule has 3 nitrogen and oxygen atoms in total. The van der Waals surface area contributed by atoms with Gasteiger partial charge in [0.25, 0.3) is 5.91 Å². The normalized spacial score (nSPS) is 16.9. The quantitative estimate of drug-likeness (QED) is 0.811. The lowest BCUT2D eigenvalue weighted by Crippen LogP contribution is -2.47. The molecule has 0 saturated heterocycles. The molecule has 1 saturated carbocycles. The molecule has 0 unspecified atom stereocenters. The smallest absolute Gasteiger partial charge is 0.251 e. The Kier molecular flexibility index (Phi) is 4.81. The average molecular weight is 270 g/mol. The van der Waals surface area contributed by atoms with Gasteiger partial charge >= 0.3 is 0 Å². The van der Waals surface area contributed by atoms with Crippen LogP contribution >= 0.6 is 0 Å². The Morgan fingerprint density at radius 3 is 2.50 bits per heavy atom. The van der Waals surface area contributed by atoms with Crippen LogP contribution < -0.4 is 11.1 Å². The van der Waals surface area contributed by atoms with Crippen LogP contribution in [0.25, 0.3) is 0 Å². The van der Waals surface area contributed by atoms with Gasteiger partial charge in [0.05, 0.1) is 6.54 Å². The van der Waals surface area contributed by atoms with E-state index in [9.17, 15) is 4.79 Å². The monoisotopic (exact) mass is 270 g/mol. The predicted molar refractivity (Wildman–Crippen MR) is 81.3 cm³/mol. The van der Waals surface area contributed by atoms with Crippen LogP contribution in [0.15, 0.2) is 24.3 Å². The number of rotatable bonds is 2. The largest absolute Gasteiger partial charge is 0.347 e. The van der Waals surface area contributed by atoms with Crippen LogP contribution in [0.2, 0.25) is 0 Å². The molecule has 0 aliphatic heterocycles. The van der Waals surface area contributed by atoms with Crippen molar-refractivity contribution >= 4 is 5.91 Å². The number of carbonyl (C=O) groups excluding carboxylic acids is 1. The summed E-state index contributed by atoms with van der Waals surface area (Å²) in [5.41, 5.74) is 6.86. The van der Waals surface area contributed by atoms with Crippen molar-refractivity contribution in [2.45, 2.75) is 44.6 Å². The summed E-state index contributed by atoms with van der Waals surface area (Å²) < 4.78 is 0. The van der Waals surface area contributed by atoms with Gasteiger partial charge in [0, 0.05) is 16.7 Å². The molecular weight excluding hydrogens is 248 g/mol. The number of benzene rings is 1. The molecule has 1 aliphatic rings. The fourth-order valence-corrected chi connectivity index (χ4v) is 2.66. The Balaban J connectivity index is 2.02. The molecule has 1 fully saturated rings.